The molecule has 0 aliphatic rings. The Morgan fingerprint density at radius 1 is 1.39 bits per heavy atom. The van der Waals surface area contributed by atoms with Gasteiger partial charge >= 0.3 is 0 Å². The first-order valence-electron chi connectivity index (χ1n) is 5.68. The molecule has 1 aromatic rings. The Labute approximate surface area is 107 Å². The summed E-state index contributed by atoms with van der Waals surface area (Å²) in [5, 5.41) is 5.50. The fourth-order valence-corrected chi connectivity index (χ4v) is 1.59. The molecule has 98 valence electrons. The van der Waals surface area contributed by atoms with Crippen molar-refractivity contribution in [1.29, 1.82) is 0 Å². The Morgan fingerprint density at radius 2 is 2.11 bits per heavy atom. The normalized spacial score (nSPS) is 11.7. The average molecular weight is 250 g/mol. The van der Waals surface area contributed by atoms with Crippen LogP contribution in [-0.2, 0) is 14.3 Å². The Kier molecular flexibility index (Phi) is 5.32. The molecule has 0 fully saturated rings. The smallest absolute Gasteiger partial charge is 0.246 e. The van der Waals surface area contributed by atoms with Crippen LogP contribution >= 0.6 is 0 Å². The minimum atomic E-state index is -0.171. The number of methoxy groups -OCH3 is 1. The first-order valence-corrected chi connectivity index (χ1v) is 5.68. The third kappa shape index (κ3) is 4.55. The van der Waals surface area contributed by atoms with Crippen LogP contribution in [0.15, 0.2) is 24.3 Å². The van der Waals surface area contributed by atoms with Gasteiger partial charge in [0.2, 0.25) is 11.8 Å². The van der Waals surface area contributed by atoms with E-state index in [4.69, 9.17) is 4.74 Å². The molecule has 0 radical (unpaired) electrons. The number of rotatable bonds is 5. The number of benzene rings is 1. The predicted octanol–water partition coefficient (Wildman–Crippen LogP) is 1.47. The molecule has 1 aromatic carbocycles. The van der Waals surface area contributed by atoms with Crippen molar-refractivity contribution in [3.8, 4) is 0 Å². The van der Waals surface area contributed by atoms with E-state index in [1.165, 1.54) is 14.0 Å². The van der Waals surface area contributed by atoms with E-state index in [9.17, 15) is 9.59 Å². The molecule has 0 saturated heterocycles. The number of carbonyl (C=O) groups excluding carboxylic acids is 2. The lowest BCUT2D eigenvalue weighted by molar-refractivity contribution is -0.125. The minimum Gasteiger partial charge on any atom is -0.375 e. The topological polar surface area (TPSA) is 67.4 Å². The molecule has 5 heteroatoms. The number of carbonyl (C=O) groups is 2. The van der Waals surface area contributed by atoms with Crippen molar-refractivity contribution in [3.63, 3.8) is 0 Å². The molecular weight excluding hydrogens is 232 g/mol. The van der Waals surface area contributed by atoms with Gasteiger partial charge in [0.05, 0.1) is 6.04 Å². The predicted molar refractivity (Wildman–Crippen MR) is 69.2 cm³/mol. The summed E-state index contributed by atoms with van der Waals surface area (Å²) >= 11 is 0. The van der Waals surface area contributed by atoms with Gasteiger partial charge in [-0.2, -0.15) is 0 Å². The van der Waals surface area contributed by atoms with Crippen molar-refractivity contribution >= 4 is 17.5 Å². The summed E-state index contributed by atoms with van der Waals surface area (Å²) in [7, 11) is 1.47. The van der Waals surface area contributed by atoms with Gasteiger partial charge in [-0.25, -0.2) is 0 Å². The highest BCUT2D eigenvalue weighted by atomic mass is 16.5. The van der Waals surface area contributed by atoms with Crippen molar-refractivity contribution in [2.75, 3.05) is 19.0 Å². The van der Waals surface area contributed by atoms with Crippen molar-refractivity contribution < 1.29 is 14.3 Å². The van der Waals surface area contributed by atoms with Crippen molar-refractivity contribution in [2.45, 2.75) is 19.9 Å². The van der Waals surface area contributed by atoms with Crippen LogP contribution in [0, 0.1) is 0 Å². The highest BCUT2D eigenvalue weighted by Crippen LogP contribution is 2.17. The van der Waals surface area contributed by atoms with Gasteiger partial charge in [-0.1, -0.05) is 12.1 Å². The highest BCUT2D eigenvalue weighted by Gasteiger charge is 2.09. The van der Waals surface area contributed by atoms with Gasteiger partial charge in [0, 0.05) is 19.7 Å². The highest BCUT2D eigenvalue weighted by molar-refractivity contribution is 5.88. The fraction of sp³-hybridized carbons (Fsp3) is 0.385. The molecule has 0 spiro atoms. The molecule has 0 aliphatic carbocycles. The number of hydrogen-bond acceptors (Lipinski definition) is 3. The van der Waals surface area contributed by atoms with Crippen LogP contribution in [0.3, 0.4) is 0 Å². The number of hydrogen-bond donors (Lipinski definition) is 2. The molecule has 0 bridgehead atoms. The standard InChI is InChI=1S/C13H18N2O3/c1-9(14-13(17)8-18-3)11-5-4-6-12(7-11)15-10(2)16/h4-7,9H,8H2,1-3H3,(H,14,17)(H,15,16). The molecule has 0 aromatic heterocycles. The molecule has 0 saturated carbocycles. The van der Waals surface area contributed by atoms with Gasteiger partial charge < -0.3 is 15.4 Å². The second-order valence-electron chi connectivity index (χ2n) is 4.03. The maximum atomic E-state index is 11.4. The average Bonchev–Trinajstić information content (AvgIpc) is 2.28. The molecule has 1 unspecified atom stereocenters. The summed E-state index contributed by atoms with van der Waals surface area (Å²) < 4.78 is 4.75. The largest absolute Gasteiger partial charge is 0.375 e. The zero-order chi connectivity index (χ0) is 13.5. The zero-order valence-electron chi connectivity index (χ0n) is 10.8. The number of anilines is 1. The lowest BCUT2D eigenvalue weighted by Crippen LogP contribution is -2.29. The van der Waals surface area contributed by atoms with Gasteiger partial charge in [-0.05, 0) is 24.6 Å². The second kappa shape index (κ2) is 6.76. The van der Waals surface area contributed by atoms with Crippen LogP contribution in [0.1, 0.15) is 25.5 Å². The Balaban J connectivity index is 2.70. The van der Waals surface area contributed by atoms with Gasteiger partial charge in [0.1, 0.15) is 6.61 Å². The second-order valence-corrected chi connectivity index (χ2v) is 4.03. The van der Waals surface area contributed by atoms with E-state index in [1.807, 2.05) is 25.1 Å². The quantitative estimate of drug-likeness (QED) is 0.831. The molecule has 18 heavy (non-hydrogen) atoms. The first-order chi connectivity index (χ1) is 8.52. The maximum Gasteiger partial charge on any atom is 0.246 e. The van der Waals surface area contributed by atoms with E-state index < -0.39 is 0 Å². The maximum absolute atomic E-state index is 11.4. The third-order valence-electron chi connectivity index (χ3n) is 2.36. The van der Waals surface area contributed by atoms with Gasteiger partial charge in [0.15, 0.2) is 0 Å². The van der Waals surface area contributed by atoms with E-state index in [2.05, 4.69) is 10.6 Å². The van der Waals surface area contributed by atoms with Crippen molar-refractivity contribution in [3.05, 3.63) is 29.8 Å². The SMILES string of the molecule is COCC(=O)NC(C)c1cccc(NC(C)=O)c1. The third-order valence-corrected chi connectivity index (χ3v) is 2.36. The van der Waals surface area contributed by atoms with E-state index in [-0.39, 0.29) is 24.5 Å². The number of nitrogens with one attached hydrogen (secondary N) is 2. The minimum absolute atomic E-state index is 0.0374. The number of ether oxygens (including phenoxy) is 1. The molecule has 2 N–H and O–H groups in total. The fourth-order valence-electron chi connectivity index (χ4n) is 1.59. The summed E-state index contributed by atoms with van der Waals surface area (Å²) in [6.07, 6.45) is 0. The monoisotopic (exact) mass is 250 g/mol. The molecule has 1 rings (SSSR count). The molecule has 2 amide bonds. The Hall–Kier alpha value is -1.88. The van der Waals surface area contributed by atoms with Crippen LogP contribution in [0.5, 0.6) is 0 Å². The summed E-state index contributed by atoms with van der Waals surface area (Å²) in [6.45, 7) is 3.37. The molecule has 0 aliphatic heterocycles. The first kappa shape index (κ1) is 14.2. The van der Waals surface area contributed by atoms with Gasteiger partial charge in [-0.15, -0.1) is 0 Å². The summed E-state index contributed by atoms with van der Waals surface area (Å²) in [5.74, 6) is -0.293. The van der Waals surface area contributed by atoms with E-state index in [0.717, 1.165) is 5.56 Å². The molecular formula is C13H18N2O3. The van der Waals surface area contributed by atoms with Crippen molar-refractivity contribution in [1.82, 2.24) is 5.32 Å². The van der Waals surface area contributed by atoms with E-state index >= 15 is 0 Å². The number of amides is 2. The van der Waals surface area contributed by atoms with E-state index in [1.54, 1.807) is 6.07 Å². The van der Waals surface area contributed by atoms with E-state index in [0.29, 0.717) is 5.69 Å². The lowest BCUT2D eigenvalue weighted by atomic mass is 10.1. The lowest BCUT2D eigenvalue weighted by Gasteiger charge is -2.15. The van der Waals surface area contributed by atoms with Crippen LogP contribution < -0.4 is 10.6 Å². The Morgan fingerprint density at radius 3 is 2.72 bits per heavy atom. The Bertz CT molecular complexity index is 432. The van der Waals surface area contributed by atoms with Crippen LogP contribution in [0.4, 0.5) is 5.69 Å². The van der Waals surface area contributed by atoms with Gasteiger partial charge in [-0.3, -0.25) is 9.59 Å². The zero-order valence-corrected chi connectivity index (χ0v) is 10.8. The summed E-state index contributed by atoms with van der Waals surface area (Å²) in [5.41, 5.74) is 1.64. The molecule has 0 heterocycles. The van der Waals surface area contributed by atoms with Crippen LogP contribution in [0.2, 0.25) is 0 Å². The van der Waals surface area contributed by atoms with Crippen molar-refractivity contribution in [2.24, 2.45) is 0 Å². The molecule has 5 nitrogen and oxygen atoms in total. The summed E-state index contributed by atoms with van der Waals surface area (Å²) in [4.78, 5) is 22.3. The molecule has 1 atom stereocenters. The summed E-state index contributed by atoms with van der Waals surface area (Å²) in [6, 6.07) is 7.22. The van der Waals surface area contributed by atoms with Gasteiger partial charge in [0.25, 0.3) is 0 Å². The van der Waals surface area contributed by atoms with Crippen LogP contribution in [0.25, 0.3) is 0 Å². The van der Waals surface area contributed by atoms with Crippen LogP contribution in [-0.4, -0.2) is 25.5 Å².